The highest BCUT2D eigenvalue weighted by Crippen LogP contribution is 2.24. The molecule has 0 aliphatic carbocycles. The van der Waals surface area contributed by atoms with Gasteiger partial charge in [0, 0.05) is 31.0 Å². The molecule has 32 heavy (non-hydrogen) atoms. The second kappa shape index (κ2) is 9.05. The van der Waals surface area contributed by atoms with Crippen LogP contribution in [-0.4, -0.2) is 41.5 Å². The molecule has 1 aromatic heterocycles. The third kappa shape index (κ3) is 4.63. The van der Waals surface area contributed by atoms with Gasteiger partial charge >= 0.3 is 0 Å². The maximum atomic E-state index is 12.9. The van der Waals surface area contributed by atoms with E-state index in [1.165, 1.54) is 45.5 Å². The highest BCUT2D eigenvalue weighted by molar-refractivity contribution is 7.89. The third-order valence-corrected chi connectivity index (χ3v) is 7.29. The van der Waals surface area contributed by atoms with Gasteiger partial charge in [-0.1, -0.05) is 25.1 Å². The second-order valence-corrected chi connectivity index (χ2v) is 9.84. The average molecular weight is 453 g/mol. The summed E-state index contributed by atoms with van der Waals surface area (Å²) in [4.78, 5) is 25.0. The lowest BCUT2D eigenvalue weighted by molar-refractivity contribution is 0.101. The molecule has 166 valence electrons. The fourth-order valence-electron chi connectivity index (χ4n) is 3.70. The highest BCUT2D eigenvalue weighted by atomic mass is 32.2. The zero-order chi connectivity index (χ0) is 22.7. The van der Waals surface area contributed by atoms with Crippen LogP contribution in [0.15, 0.2) is 76.6 Å². The topological polar surface area (TPSA) is 101 Å². The fraction of sp³-hybridized carbons (Fsp3) is 0.261. The fourth-order valence-corrected chi connectivity index (χ4v) is 5.30. The molecule has 1 saturated heterocycles. The SMILES string of the molecule is C[C@H]1CCCN(S(=O)(=O)c2ccc(NC(=O)c3nn(-c4ccccc4)ccc3=O)cc2)C1. The van der Waals surface area contributed by atoms with Crippen LogP contribution < -0.4 is 10.7 Å². The first-order chi connectivity index (χ1) is 15.3. The predicted molar refractivity (Wildman–Crippen MR) is 121 cm³/mol. The Morgan fingerprint density at radius 2 is 1.78 bits per heavy atom. The Balaban J connectivity index is 1.52. The van der Waals surface area contributed by atoms with E-state index in [0.29, 0.717) is 30.4 Å². The molecule has 0 unspecified atom stereocenters. The first kappa shape index (κ1) is 21.9. The summed E-state index contributed by atoms with van der Waals surface area (Å²) in [6.07, 6.45) is 3.37. The minimum Gasteiger partial charge on any atom is -0.320 e. The van der Waals surface area contributed by atoms with Crippen molar-refractivity contribution in [2.45, 2.75) is 24.7 Å². The molecule has 8 nitrogen and oxygen atoms in total. The maximum absolute atomic E-state index is 12.9. The third-order valence-electron chi connectivity index (χ3n) is 5.41. The lowest BCUT2D eigenvalue weighted by Crippen LogP contribution is -2.39. The molecule has 2 aromatic carbocycles. The predicted octanol–water partition coefficient (Wildman–Crippen LogP) is 2.91. The van der Waals surface area contributed by atoms with Crippen molar-refractivity contribution < 1.29 is 13.2 Å². The molecular formula is C23H24N4O4S. The van der Waals surface area contributed by atoms with Crippen LogP contribution in [0.4, 0.5) is 5.69 Å². The van der Waals surface area contributed by atoms with Crippen LogP contribution in [0.5, 0.6) is 0 Å². The van der Waals surface area contributed by atoms with E-state index in [9.17, 15) is 18.0 Å². The normalized spacial score (nSPS) is 17.1. The van der Waals surface area contributed by atoms with Crippen LogP contribution in [-0.2, 0) is 10.0 Å². The number of para-hydroxylation sites is 1. The summed E-state index contributed by atoms with van der Waals surface area (Å²) >= 11 is 0. The first-order valence-corrected chi connectivity index (χ1v) is 11.9. The van der Waals surface area contributed by atoms with E-state index < -0.39 is 21.4 Å². The second-order valence-electron chi connectivity index (χ2n) is 7.90. The molecule has 0 radical (unpaired) electrons. The lowest BCUT2D eigenvalue weighted by atomic mass is 10.0. The molecule has 9 heteroatoms. The number of sulfonamides is 1. The number of nitrogens with zero attached hydrogens (tertiary/aromatic N) is 3. The van der Waals surface area contributed by atoms with Gasteiger partial charge in [-0.15, -0.1) is 0 Å². The van der Waals surface area contributed by atoms with Crippen molar-refractivity contribution in [3.63, 3.8) is 0 Å². The van der Waals surface area contributed by atoms with E-state index in [2.05, 4.69) is 10.4 Å². The number of piperidine rings is 1. The van der Waals surface area contributed by atoms with Gasteiger partial charge in [0.1, 0.15) is 0 Å². The number of nitrogens with one attached hydrogen (secondary N) is 1. The number of amides is 1. The Bertz CT molecular complexity index is 1270. The van der Waals surface area contributed by atoms with Crippen LogP contribution in [0.1, 0.15) is 30.3 Å². The Hall–Kier alpha value is -3.30. The zero-order valence-corrected chi connectivity index (χ0v) is 18.5. The maximum Gasteiger partial charge on any atom is 0.280 e. The van der Waals surface area contributed by atoms with Crippen molar-refractivity contribution in [1.82, 2.24) is 14.1 Å². The molecule has 1 fully saturated rings. The van der Waals surface area contributed by atoms with E-state index in [-0.39, 0.29) is 10.6 Å². The van der Waals surface area contributed by atoms with E-state index in [1.807, 2.05) is 25.1 Å². The Kier molecular flexibility index (Phi) is 6.20. The molecule has 1 aliphatic heterocycles. The van der Waals surface area contributed by atoms with Crippen molar-refractivity contribution in [3.8, 4) is 5.69 Å². The van der Waals surface area contributed by atoms with E-state index in [4.69, 9.17) is 0 Å². The van der Waals surface area contributed by atoms with E-state index >= 15 is 0 Å². The Morgan fingerprint density at radius 3 is 2.47 bits per heavy atom. The van der Waals surface area contributed by atoms with E-state index in [1.54, 1.807) is 12.1 Å². The number of anilines is 1. The number of carbonyl (C=O) groups excluding carboxylic acids is 1. The molecule has 2 heterocycles. The van der Waals surface area contributed by atoms with Crippen LogP contribution in [0.25, 0.3) is 5.69 Å². The van der Waals surface area contributed by atoms with Crippen LogP contribution in [0.2, 0.25) is 0 Å². The summed E-state index contributed by atoms with van der Waals surface area (Å²) in [6, 6.07) is 16.4. The molecule has 1 N–H and O–H groups in total. The number of aromatic nitrogens is 2. The van der Waals surface area contributed by atoms with Crippen molar-refractivity contribution in [3.05, 3.63) is 82.8 Å². The molecule has 3 aromatic rings. The van der Waals surface area contributed by atoms with Gasteiger partial charge in [-0.05, 0) is 55.2 Å². The molecule has 1 aliphatic rings. The Morgan fingerprint density at radius 1 is 1.06 bits per heavy atom. The van der Waals surface area contributed by atoms with Crippen molar-refractivity contribution in [1.29, 1.82) is 0 Å². The number of rotatable bonds is 5. The van der Waals surface area contributed by atoms with Gasteiger partial charge in [0.2, 0.25) is 15.5 Å². The standard InChI is InChI=1S/C23H24N4O4S/c1-17-6-5-14-26(16-17)32(30,31)20-11-9-18(10-12-20)24-23(29)22-21(28)13-15-27(25-22)19-7-3-2-4-8-19/h2-4,7-13,15,17H,5-6,14,16H2,1H3,(H,24,29)/t17-/m0/s1. The molecule has 1 atom stereocenters. The van der Waals surface area contributed by atoms with Crippen LogP contribution >= 0.6 is 0 Å². The summed E-state index contributed by atoms with van der Waals surface area (Å²) in [7, 11) is -3.58. The lowest BCUT2D eigenvalue weighted by Gasteiger charge is -2.30. The summed E-state index contributed by atoms with van der Waals surface area (Å²) in [5, 5.41) is 6.77. The van der Waals surface area contributed by atoms with Crippen molar-refractivity contribution in [2.75, 3.05) is 18.4 Å². The molecule has 0 spiro atoms. The molecule has 4 rings (SSSR count). The molecule has 0 saturated carbocycles. The summed E-state index contributed by atoms with van der Waals surface area (Å²) in [5.74, 6) is -0.337. The minimum atomic E-state index is -3.58. The molecule has 0 bridgehead atoms. The van der Waals surface area contributed by atoms with Gasteiger partial charge in [0.25, 0.3) is 5.91 Å². The van der Waals surface area contributed by atoms with Gasteiger partial charge in [0.15, 0.2) is 5.69 Å². The summed E-state index contributed by atoms with van der Waals surface area (Å²) < 4.78 is 28.7. The van der Waals surface area contributed by atoms with Gasteiger partial charge in [-0.3, -0.25) is 9.59 Å². The van der Waals surface area contributed by atoms with Crippen molar-refractivity contribution in [2.24, 2.45) is 5.92 Å². The zero-order valence-electron chi connectivity index (χ0n) is 17.6. The number of benzene rings is 2. The van der Waals surface area contributed by atoms with Gasteiger partial charge < -0.3 is 5.32 Å². The number of hydrogen-bond acceptors (Lipinski definition) is 5. The number of carbonyl (C=O) groups is 1. The first-order valence-electron chi connectivity index (χ1n) is 10.4. The van der Waals surface area contributed by atoms with Gasteiger partial charge in [-0.2, -0.15) is 9.40 Å². The van der Waals surface area contributed by atoms with Crippen LogP contribution in [0.3, 0.4) is 0 Å². The highest BCUT2D eigenvalue weighted by Gasteiger charge is 2.28. The average Bonchev–Trinajstić information content (AvgIpc) is 2.80. The molecular weight excluding hydrogens is 428 g/mol. The quantitative estimate of drug-likeness (QED) is 0.641. The van der Waals surface area contributed by atoms with Crippen molar-refractivity contribution >= 4 is 21.6 Å². The van der Waals surface area contributed by atoms with E-state index in [0.717, 1.165) is 12.8 Å². The summed E-state index contributed by atoms with van der Waals surface area (Å²) in [5.41, 5.74) is 0.323. The smallest absolute Gasteiger partial charge is 0.280 e. The number of hydrogen-bond donors (Lipinski definition) is 1. The van der Waals surface area contributed by atoms with Gasteiger partial charge in [0.05, 0.1) is 10.6 Å². The summed E-state index contributed by atoms with van der Waals surface area (Å²) in [6.45, 7) is 3.07. The molecule has 1 amide bonds. The Labute approximate surface area is 186 Å². The van der Waals surface area contributed by atoms with Gasteiger partial charge in [-0.25, -0.2) is 13.1 Å². The largest absolute Gasteiger partial charge is 0.320 e. The monoisotopic (exact) mass is 452 g/mol. The minimum absolute atomic E-state index is 0.175. The van der Waals surface area contributed by atoms with Crippen LogP contribution in [0, 0.1) is 5.92 Å².